The maximum absolute atomic E-state index is 12.4. The molecule has 0 atom stereocenters. The minimum atomic E-state index is -0.612. The minimum absolute atomic E-state index is 0.149. The molecule has 2 saturated heterocycles. The predicted molar refractivity (Wildman–Crippen MR) is 98.1 cm³/mol. The van der Waals surface area contributed by atoms with Crippen molar-refractivity contribution in [1.29, 1.82) is 0 Å². The van der Waals surface area contributed by atoms with E-state index in [2.05, 4.69) is 5.32 Å². The fourth-order valence-electron chi connectivity index (χ4n) is 3.41. The van der Waals surface area contributed by atoms with E-state index in [1.54, 1.807) is 0 Å². The second-order valence-electron chi connectivity index (χ2n) is 6.71. The first kappa shape index (κ1) is 20.2. The molecule has 2 heterocycles. The number of likely N-dealkylation sites (tertiary alicyclic amines) is 1. The van der Waals surface area contributed by atoms with E-state index in [0.717, 1.165) is 0 Å². The lowest BCUT2D eigenvalue weighted by Gasteiger charge is -2.37. The van der Waals surface area contributed by atoms with Crippen molar-refractivity contribution in [3.05, 3.63) is 29.3 Å². The van der Waals surface area contributed by atoms with Crippen LogP contribution in [0, 0.1) is 0 Å². The summed E-state index contributed by atoms with van der Waals surface area (Å²) in [4.78, 5) is 38.1. The summed E-state index contributed by atoms with van der Waals surface area (Å²) >= 11 is 0. The highest BCUT2D eigenvalue weighted by atomic mass is 16.7. The van der Waals surface area contributed by atoms with Crippen molar-refractivity contribution in [2.24, 2.45) is 0 Å². The molecule has 1 spiro atoms. The quantitative estimate of drug-likeness (QED) is 0.742. The molecule has 9 nitrogen and oxygen atoms in total. The third-order valence-electron chi connectivity index (χ3n) is 4.86. The SMILES string of the molecule is COC(=O)c1cc(NC(=O)CN2CCC3(CC2)OCCO3)cc(C(=O)OC)c1. The summed E-state index contributed by atoms with van der Waals surface area (Å²) in [5.74, 6) is -1.96. The Bertz CT molecular complexity index is 714. The first-order chi connectivity index (χ1) is 13.4. The van der Waals surface area contributed by atoms with Crippen molar-refractivity contribution in [2.75, 3.05) is 52.4 Å². The molecule has 0 radical (unpaired) electrons. The van der Waals surface area contributed by atoms with E-state index in [-0.39, 0.29) is 23.6 Å². The van der Waals surface area contributed by atoms with Crippen molar-refractivity contribution >= 4 is 23.5 Å². The van der Waals surface area contributed by atoms with Crippen LogP contribution in [-0.4, -0.2) is 75.6 Å². The van der Waals surface area contributed by atoms with Crippen LogP contribution < -0.4 is 5.32 Å². The molecule has 0 saturated carbocycles. The van der Waals surface area contributed by atoms with Crippen LogP contribution in [0.25, 0.3) is 0 Å². The molecule has 3 rings (SSSR count). The number of nitrogens with zero attached hydrogens (tertiary/aromatic N) is 1. The summed E-state index contributed by atoms with van der Waals surface area (Å²) in [6.45, 7) is 2.78. The van der Waals surface area contributed by atoms with E-state index in [1.165, 1.54) is 32.4 Å². The van der Waals surface area contributed by atoms with Crippen LogP contribution in [0.4, 0.5) is 5.69 Å². The number of rotatable bonds is 5. The second kappa shape index (κ2) is 8.68. The van der Waals surface area contributed by atoms with E-state index >= 15 is 0 Å². The van der Waals surface area contributed by atoms with Crippen LogP contribution in [0.3, 0.4) is 0 Å². The number of carbonyl (C=O) groups excluding carboxylic acids is 3. The third kappa shape index (κ3) is 4.67. The maximum atomic E-state index is 12.4. The van der Waals surface area contributed by atoms with Gasteiger partial charge in [0.05, 0.1) is 45.1 Å². The number of carbonyl (C=O) groups is 3. The van der Waals surface area contributed by atoms with Gasteiger partial charge < -0.3 is 24.3 Å². The standard InChI is InChI=1S/C19H24N2O7/c1-25-17(23)13-9-14(18(24)26-2)11-15(10-13)20-16(22)12-21-5-3-19(4-6-21)27-7-8-28-19/h9-11H,3-8,12H2,1-2H3,(H,20,22). The highest BCUT2D eigenvalue weighted by Crippen LogP contribution is 2.31. The molecule has 152 valence electrons. The summed E-state index contributed by atoms with van der Waals surface area (Å²) in [6, 6.07) is 4.28. The Labute approximate surface area is 162 Å². The maximum Gasteiger partial charge on any atom is 0.337 e. The molecule has 0 unspecified atom stereocenters. The molecule has 0 bridgehead atoms. The van der Waals surface area contributed by atoms with Crippen molar-refractivity contribution in [3.63, 3.8) is 0 Å². The Kier molecular flexibility index (Phi) is 6.28. The number of esters is 2. The van der Waals surface area contributed by atoms with Crippen LogP contribution in [0.5, 0.6) is 0 Å². The molecule has 28 heavy (non-hydrogen) atoms. The van der Waals surface area contributed by atoms with Crippen LogP contribution in [-0.2, 0) is 23.7 Å². The number of hydrogen-bond donors (Lipinski definition) is 1. The van der Waals surface area contributed by atoms with E-state index < -0.39 is 17.7 Å². The van der Waals surface area contributed by atoms with Crippen LogP contribution in [0.15, 0.2) is 18.2 Å². The van der Waals surface area contributed by atoms with E-state index in [1.807, 2.05) is 4.90 Å². The first-order valence-electron chi connectivity index (χ1n) is 9.06. The van der Waals surface area contributed by atoms with E-state index in [4.69, 9.17) is 18.9 Å². The topological polar surface area (TPSA) is 103 Å². The fraction of sp³-hybridized carbons (Fsp3) is 0.526. The van der Waals surface area contributed by atoms with Crippen LogP contribution in [0.1, 0.15) is 33.6 Å². The summed E-state index contributed by atoms with van der Waals surface area (Å²) in [5, 5.41) is 2.73. The number of hydrogen-bond acceptors (Lipinski definition) is 8. The average Bonchev–Trinajstić information content (AvgIpc) is 3.16. The summed E-state index contributed by atoms with van der Waals surface area (Å²) in [5.41, 5.74) is 0.622. The van der Waals surface area contributed by atoms with Crippen molar-refractivity contribution in [2.45, 2.75) is 18.6 Å². The highest BCUT2D eigenvalue weighted by Gasteiger charge is 2.39. The monoisotopic (exact) mass is 392 g/mol. The number of nitrogens with one attached hydrogen (secondary N) is 1. The van der Waals surface area contributed by atoms with Gasteiger partial charge in [0.2, 0.25) is 5.91 Å². The zero-order chi connectivity index (χ0) is 20.1. The lowest BCUT2D eigenvalue weighted by atomic mass is 10.0. The zero-order valence-corrected chi connectivity index (χ0v) is 16.0. The Morgan fingerprint density at radius 1 is 1.00 bits per heavy atom. The fourth-order valence-corrected chi connectivity index (χ4v) is 3.41. The van der Waals surface area contributed by atoms with Gasteiger partial charge in [-0.3, -0.25) is 9.69 Å². The number of piperidine rings is 1. The first-order valence-corrected chi connectivity index (χ1v) is 9.06. The smallest absolute Gasteiger partial charge is 0.337 e. The third-order valence-corrected chi connectivity index (χ3v) is 4.86. The minimum Gasteiger partial charge on any atom is -0.465 e. The summed E-state index contributed by atoms with van der Waals surface area (Å²) in [6.07, 6.45) is 1.43. The number of ether oxygens (including phenoxy) is 4. The Balaban J connectivity index is 1.63. The van der Waals surface area contributed by atoms with Gasteiger partial charge in [-0.15, -0.1) is 0 Å². The molecule has 1 amide bonds. The highest BCUT2D eigenvalue weighted by molar-refractivity contribution is 5.99. The van der Waals surface area contributed by atoms with Gasteiger partial charge >= 0.3 is 11.9 Å². The summed E-state index contributed by atoms with van der Waals surface area (Å²) < 4.78 is 20.8. The Morgan fingerprint density at radius 2 is 1.54 bits per heavy atom. The lowest BCUT2D eigenvalue weighted by Crippen LogP contribution is -2.47. The van der Waals surface area contributed by atoms with E-state index in [0.29, 0.717) is 44.8 Å². The molecular formula is C19H24N2O7. The van der Waals surface area contributed by atoms with Crippen LogP contribution >= 0.6 is 0 Å². The average molecular weight is 392 g/mol. The molecule has 2 aliphatic heterocycles. The van der Waals surface area contributed by atoms with Gasteiger partial charge in [0.1, 0.15) is 0 Å². The van der Waals surface area contributed by atoms with Gasteiger partial charge in [0.15, 0.2) is 5.79 Å². The zero-order valence-electron chi connectivity index (χ0n) is 16.0. The predicted octanol–water partition coefficient (Wildman–Crippen LogP) is 1.04. The Morgan fingerprint density at radius 3 is 2.04 bits per heavy atom. The molecule has 2 aliphatic rings. The van der Waals surface area contributed by atoms with Crippen LogP contribution in [0.2, 0.25) is 0 Å². The van der Waals surface area contributed by atoms with Gasteiger partial charge in [-0.05, 0) is 18.2 Å². The molecule has 0 aliphatic carbocycles. The number of amides is 1. The molecule has 1 aromatic carbocycles. The van der Waals surface area contributed by atoms with Gasteiger partial charge in [-0.2, -0.15) is 0 Å². The van der Waals surface area contributed by atoms with Crippen molar-refractivity contribution in [1.82, 2.24) is 4.90 Å². The normalized spacial score (nSPS) is 18.6. The molecule has 9 heteroatoms. The largest absolute Gasteiger partial charge is 0.465 e. The summed E-state index contributed by atoms with van der Waals surface area (Å²) in [7, 11) is 2.48. The number of benzene rings is 1. The lowest BCUT2D eigenvalue weighted by molar-refractivity contribution is -0.185. The molecule has 1 aromatic rings. The number of methoxy groups -OCH3 is 2. The molecular weight excluding hydrogens is 368 g/mol. The van der Waals surface area contributed by atoms with Gasteiger partial charge in [-0.1, -0.05) is 0 Å². The molecule has 2 fully saturated rings. The van der Waals surface area contributed by atoms with Crippen molar-refractivity contribution in [3.8, 4) is 0 Å². The van der Waals surface area contributed by atoms with Gasteiger partial charge in [-0.25, -0.2) is 9.59 Å². The second-order valence-corrected chi connectivity index (χ2v) is 6.71. The molecule has 0 aromatic heterocycles. The molecule has 1 N–H and O–H groups in total. The van der Waals surface area contributed by atoms with Crippen molar-refractivity contribution < 1.29 is 33.3 Å². The van der Waals surface area contributed by atoms with E-state index in [9.17, 15) is 14.4 Å². The van der Waals surface area contributed by atoms with Gasteiger partial charge in [0, 0.05) is 31.6 Å². The number of anilines is 1. The Hall–Kier alpha value is -2.49. The van der Waals surface area contributed by atoms with Gasteiger partial charge in [0.25, 0.3) is 0 Å².